The minimum Gasteiger partial charge on any atom is -0.393 e. The van der Waals surface area contributed by atoms with E-state index in [0.29, 0.717) is 5.02 Å². The molecule has 0 aliphatic rings. The van der Waals surface area contributed by atoms with E-state index in [9.17, 15) is 9.90 Å². The molecule has 1 amide bonds. The van der Waals surface area contributed by atoms with Gasteiger partial charge in [0.25, 0.3) is 0 Å². The first-order valence-corrected chi connectivity index (χ1v) is 7.42. The maximum Gasteiger partial charge on any atom is 0.224 e. The second-order valence-electron chi connectivity index (χ2n) is 5.01. The average molecular weight is 314 g/mol. The van der Waals surface area contributed by atoms with Gasteiger partial charge in [-0.2, -0.15) is 0 Å². The quantitative estimate of drug-likeness (QED) is 0.790. The van der Waals surface area contributed by atoms with Gasteiger partial charge in [0, 0.05) is 16.3 Å². The van der Waals surface area contributed by atoms with Crippen LogP contribution in [-0.2, 0) is 11.2 Å². The molecule has 2 aromatic rings. The summed E-state index contributed by atoms with van der Waals surface area (Å²) in [5, 5.41) is 24.7. The molecular formula is C14H16ClNO3S. The van der Waals surface area contributed by atoms with E-state index in [1.165, 1.54) is 6.92 Å². The third-order valence-corrected chi connectivity index (χ3v) is 4.22. The number of nitrogens with one attached hydrogen (secondary N) is 1. The van der Waals surface area contributed by atoms with Gasteiger partial charge in [0.2, 0.25) is 5.91 Å². The smallest absolute Gasteiger partial charge is 0.224 e. The van der Waals surface area contributed by atoms with Gasteiger partial charge in [-0.25, -0.2) is 0 Å². The molecule has 20 heavy (non-hydrogen) atoms. The molecule has 1 unspecified atom stereocenters. The van der Waals surface area contributed by atoms with Gasteiger partial charge in [0.05, 0.1) is 13.0 Å². The van der Waals surface area contributed by atoms with Crippen molar-refractivity contribution in [3.8, 4) is 0 Å². The topological polar surface area (TPSA) is 69.6 Å². The van der Waals surface area contributed by atoms with Gasteiger partial charge in [-0.1, -0.05) is 11.6 Å². The van der Waals surface area contributed by atoms with Crippen LogP contribution in [-0.4, -0.2) is 34.9 Å². The zero-order valence-electron chi connectivity index (χ0n) is 11.0. The molecule has 0 bridgehead atoms. The summed E-state index contributed by atoms with van der Waals surface area (Å²) in [4.78, 5) is 11.9. The third-order valence-electron chi connectivity index (χ3n) is 2.97. The molecule has 0 spiro atoms. The van der Waals surface area contributed by atoms with Crippen LogP contribution in [0.1, 0.15) is 12.5 Å². The van der Waals surface area contributed by atoms with Crippen LogP contribution < -0.4 is 5.32 Å². The highest BCUT2D eigenvalue weighted by molar-refractivity contribution is 7.17. The molecule has 4 nitrogen and oxygen atoms in total. The predicted octanol–water partition coefficient (Wildman–Crippen LogP) is 1.96. The van der Waals surface area contributed by atoms with Crippen molar-refractivity contribution >= 4 is 38.9 Å². The number of amides is 1. The number of hydrogen-bond acceptors (Lipinski definition) is 4. The molecule has 0 aliphatic carbocycles. The van der Waals surface area contributed by atoms with E-state index in [1.54, 1.807) is 11.3 Å². The maximum absolute atomic E-state index is 11.9. The summed E-state index contributed by atoms with van der Waals surface area (Å²) in [6, 6.07) is 5.60. The lowest BCUT2D eigenvalue weighted by molar-refractivity contribution is -0.121. The molecule has 0 aliphatic heterocycles. The summed E-state index contributed by atoms with van der Waals surface area (Å²) < 4.78 is 1.08. The van der Waals surface area contributed by atoms with Crippen LogP contribution >= 0.6 is 22.9 Å². The Hall–Kier alpha value is -1.14. The van der Waals surface area contributed by atoms with Gasteiger partial charge in [-0.15, -0.1) is 11.3 Å². The number of fused-ring (bicyclic) bond motifs is 1. The number of benzene rings is 1. The molecule has 6 heteroatoms. The fourth-order valence-corrected chi connectivity index (χ4v) is 2.89. The van der Waals surface area contributed by atoms with Gasteiger partial charge in [0.15, 0.2) is 0 Å². The molecular weight excluding hydrogens is 298 g/mol. The first-order chi connectivity index (χ1) is 9.41. The average Bonchev–Trinajstić information content (AvgIpc) is 2.79. The Morgan fingerprint density at radius 2 is 2.25 bits per heavy atom. The van der Waals surface area contributed by atoms with Crippen LogP contribution in [0, 0.1) is 0 Å². The number of aliphatic hydroxyl groups excluding tert-OH is 1. The Labute approximate surface area is 126 Å². The van der Waals surface area contributed by atoms with Crippen molar-refractivity contribution in [3.05, 3.63) is 34.2 Å². The van der Waals surface area contributed by atoms with Gasteiger partial charge < -0.3 is 15.5 Å². The number of hydrogen-bond donors (Lipinski definition) is 3. The Morgan fingerprint density at radius 3 is 2.95 bits per heavy atom. The minimum absolute atomic E-state index is 0.0190. The van der Waals surface area contributed by atoms with Crippen LogP contribution in [0.3, 0.4) is 0 Å². The first kappa shape index (κ1) is 15.3. The predicted molar refractivity (Wildman–Crippen MR) is 81.3 cm³/mol. The molecule has 0 fully saturated rings. The van der Waals surface area contributed by atoms with Gasteiger partial charge in [-0.05, 0) is 41.5 Å². The Balaban J connectivity index is 2.05. The minimum atomic E-state index is -1.30. The standard InChI is InChI=1S/C14H16ClNO3S/c1-14(19,8-17)7-16-13(18)4-9-6-20-12-3-2-10(15)5-11(9)12/h2-3,5-6,17,19H,4,7-8H2,1H3,(H,16,18). The molecule has 0 saturated heterocycles. The Morgan fingerprint density at radius 1 is 1.50 bits per heavy atom. The molecule has 108 valence electrons. The number of halogens is 1. The third kappa shape index (κ3) is 3.70. The Kier molecular flexibility index (Phi) is 4.65. The van der Waals surface area contributed by atoms with Crippen molar-refractivity contribution in [2.75, 3.05) is 13.2 Å². The van der Waals surface area contributed by atoms with E-state index in [0.717, 1.165) is 15.6 Å². The first-order valence-electron chi connectivity index (χ1n) is 6.17. The van der Waals surface area contributed by atoms with Crippen LogP contribution in [0.4, 0.5) is 0 Å². The summed E-state index contributed by atoms with van der Waals surface area (Å²) in [7, 11) is 0. The molecule has 2 rings (SSSR count). The van der Waals surface area contributed by atoms with Gasteiger partial charge in [0.1, 0.15) is 5.60 Å². The number of aliphatic hydroxyl groups is 2. The van der Waals surface area contributed by atoms with Crippen molar-refractivity contribution in [2.45, 2.75) is 18.9 Å². The van der Waals surface area contributed by atoms with Crippen molar-refractivity contribution in [3.63, 3.8) is 0 Å². The second-order valence-corrected chi connectivity index (χ2v) is 6.36. The van der Waals surface area contributed by atoms with E-state index >= 15 is 0 Å². The number of thiophene rings is 1. The van der Waals surface area contributed by atoms with Crippen molar-refractivity contribution in [2.24, 2.45) is 0 Å². The number of carbonyl (C=O) groups excluding carboxylic acids is 1. The van der Waals surface area contributed by atoms with Crippen molar-refractivity contribution < 1.29 is 15.0 Å². The van der Waals surface area contributed by atoms with Crippen LogP contribution in [0.15, 0.2) is 23.6 Å². The lowest BCUT2D eigenvalue weighted by atomic mass is 10.1. The largest absolute Gasteiger partial charge is 0.393 e. The zero-order chi connectivity index (χ0) is 14.8. The molecule has 1 aromatic carbocycles. The molecule has 1 atom stereocenters. The highest BCUT2D eigenvalue weighted by atomic mass is 35.5. The van der Waals surface area contributed by atoms with E-state index in [1.807, 2.05) is 23.6 Å². The van der Waals surface area contributed by atoms with Gasteiger partial charge >= 0.3 is 0 Å². The fourth-order valence-electron chi connectivity index (χ4n) is 1.77. The SMILES string of the molecule is CC(O)(CO)CNC(=O)Cc1csc2ccc(Cl)cc12. The monoisotopic (exact) mass is 313 g/mol. The normalized spacial score (nSPS) is 14.2. The van der Waals surface area contributed by atoms with E-state index in [2.05, 4.69) is 5.32 Å². The summed E-state index contributed by atoms with van der Waals surface area (Å²) in [5.74, 6) is -0.196. The summed E-state index contributed by atoms with van der Waals surface area (Å²) in [5.41, 5.74) is -0.385. The number of rotatable bonds is 5. The second kappa shape index (κ2) is 6.10. The molecule has 0 saturated carbocycles. The number of carbonyl (C=O) groups is 1. The van der Waals surface area contributed by atoms with Crippen molar-refractivity contribution in [1.29, 1.82) is 0 Å². The summed E-state index contributed by atoms with van der Waals surface area (Å²) in [6.07, 6.45) is 0.224. The van der Waals surface area contributed by atoms with Gasteiger partial charge in [-0.3, -0.25) is 4.79 Å². The van der Waals surface area contributed by atoms with Crippen LogP contribution in [0.5, 0.6) is 0 Å². The lowest BCUT2D eigenvalue weighted by Crippen LogP contribution is -2.43. The van der Waals surface area contributed by atoms with Crippen LogP contribution in [0.2, 0.25) is 5.02 Å². The Bertz CT molecular complexity index is 624. The summed E-state index contributed by atoms with van der Waals surface area (Å²) >= 11 is 7.53. The van der Waals surface area contributed by atoms with Crippen LogP contribution in [0.25, 0.3) is 10.1 Å². The van der Waals surface area contributed by atoms with Crippen molar-refractivity contribution in [1.82, 2.24) is 5.32 Å². The molecule has 1 heterocycles. The zero-order valence-corrected chi connectivity index (χ0v) is 12.6. The summed E-state index contributed by atoms with van der Waals surface area (Å²) in [6.45, 7) is 1.09. The molecule has 0 radical (unpaired) electrons. The molecule has 1 aromatic heterocycles. The highest BCUT2D eigenvalue weighted by Crippen LogP contribution is 2.28. The maximum atomic E-state index is 11.9. The van der Waals surface area contributed by atoms with E-state index in [4.69, 9.17) is 16.7 Å². The lowest BCUT2D eigenvalue weighted by Gasteiger charge is -2.20. The van der Waals surface area contributed by atoms with E-state index in [-0.39, 0.29) is 18.9 Å². The van der Waals surface area contributed by atoms with E-state index < -0.39 is 12.2 Å². The highest BCUT2D eigenvalue weighted by Gasteiger charge is 2.20. The fraction of sp³-hybridized carbons (Fsp3) is 0.357. The molecule has 3 N–H and O–H groups in total.